The van der Waals surface area contributed by atoms with E-state index in [9.17, 15) is 18.0 Å². The van der Waals surface area contributed by atoms with Gasteiger partial charge in [0.05, 0.1) is 17.5 Å². The molecule has 158 valence electrons. The zero-order chi connectivity index (χ0) is 21.6. The Morgan fingerprint density at radius 1 is 1.11 bits per heavy atom. The molecule has 1 N–H and O–H groups in total. The molecule has 0 aliphatic carbocycles. The van der Waals surface area contributed by atoms with E-state index in [1.165, 1.54) is 15.3 Å². The number of hydrogen-bond acceptors (Lipinski definition) is 5. The molecule has 0 saturated carbocycles. The molecular weight excluding hydrogens is 380 g/mol. The van der Waals surface area contributed by atoms with Crippen LogP contribution in [0.15, 0.2) is 23.1 Å². The fraction of sp³-hybridized carbons (Fsp3) is 0.579. The van der Waals surface area contributed by atoms with Gasteiger partial charge in [0.1, 0.15) is 0 Å². The Morgan fingerprint density at radius 3 is 2.18 bits per heavy atom. The molecule has 0 bridgehead atoms. The second kappa shape index (κ2) is 9.99. The second-order valence-corrected chi connectivity index (χ2v) is 8.84. The lowest BCUT2D eigenvalue weighted by Crippen LogP contribution is -2.44. The van der Waals surface area contributed by atoms with E-state index in [-0.39, 0.29) is 23.3 Å². The molecule has 0 radical (unpaired) electrons. The summed E-state index contributed by atoms with van der Waals surface area (Å²) < 4.78 is 27.1. The van der Waals surface area contributed by atoms with Crippen LogP contribution in [0.5, 0.6) is 0 Å². The molecule has 1 rings (SSSR count). The van der Waals surface area contributed by atoms with Gasteiger partial charge in [0, 0.05) is 32.9 Å². The molecule has 1 atom stereocenters. The van der Waals surface area contributed by atoms with Crippen molar-refractivity contribution in [3.05, 3.63) is 23.8 Å². The molecule has 0 saturated heterocycles. The summed E-state index contributed by atoms with van der Waals surface area (Å²) in [5.74, 6) is -0.422. The largest absolute Gasteiger partial charge is 0.348 e. The Bertz CT molecular complexity index is 804. The summed E-state index contributed by atoms with van der Waals surface area (Å²) in [4.78, 5) is 27.7. The van der Waals surface area contributed by atoms with Crippen molar-refractivity contribution in [3.8, 4) is 0 Å². The number of nitrogens with zero attached hydrogens (tertiary/aromatic N) is 3. The van der Waals surface area contributed by atoms with Gasteiger partial charge in [-0.3, -0.25) is 14.5 Å². The number of aryl methyl sites for hydroxylation is 1. The average molecular weight is 413 g/mol. The van der Waals surface area contributed by atoms with E-state index in [4.69, 9.17) is 0 Å². The summed E-state index contributed by atoms with van der Waals surface area (Å²) in [7, 11) is 1.38. The first kappa shape index (κ1) is 24.1. The van der Waals surface area contributed by atoms with E-state index in [0.717, 1.165) is 0 Å². The van der Waals surface area contributed by atoms with Crippen molar-refractivity contribution < 1.29 is 18.0 Å². The van der Waals surface area contributed by atoms with Crippen molar-refractivity contribution in [2.45, 2.75) is 38.6 Å². The lowest BCUT2D eigenvalue weighted by Gasteiger charge is -2.25. The molecule has 0 aliphatic rings. The molecule has 0 spiro atoms. The number of sulfonamides is 1. The van der Waals surface area contributed by atoms with Gasteiger partial charge in [0.15, 0.2) is 0 Å². The Balaban J connectivity index is 3.02. The van der Waals surface area contributed by atoms with Gasteiger partial charge in [0.2, 0.25) is 21.8 Å². The van der Waals surface area contributed by atoms with Gasteiger partial charge in [-0.2, -0.15) is 4.31 Å². The molecule has 0 aromatic heterocycles. The normalized spacial score (nSPS) is 12.9. The highest BCUT2D eigenvalue weighted by Crippen LogP contribution is 2.24. The van der Waals surface area contributed by atoms with Gasteiger partial charge in [-0.25, -0.2) is 8.42 Å². The van der Waals surface area contributed by atoms with Gasteiger partial charge in [-0.1, -0.05) is 19.9 Å². The summed E-state index contributed by atoms with van der Waals surface area (Å²) in [6.07, 6.45) is 0. The van der Waals surface area contributed by atoms with Crippen molar-refractivity contribution in [1.29, 1.82) is 0 Å². The fourth-order valence-corrected chi connectivity index (χ4v) is 4.31. The monoisotopic (exact) mass is 412 g/mol. The van der Waals surface area contributed by atoms with Gasteiger partial charge >= 0.3 is 0 Å². The quantitative estimate of drug-likeness (QED) is 0.662. The van der Waals surface area contributed by atoms with E-state index in [2.05, 4.69) is 5.32 Å². The summed E-state index contributed by atoms with van der Waals surface area (Å²) in [6.45, 7) is 7.85. The third kappa shape index (κ3) is 5.76. The molecule has 0 unspecified atom stereocenters. The predicted octanol–water partition coefficient (Wildman–Crippen LogP) is 1.37. The zero-order valence-electron chi connectivity index (χ0n) is 17.8. The lowest BCUT2D eigenvalue weighted by molar-refractivity contribution is -0.131. The topological polar surface area (TPSA) is 90.0 Å². The summed E-state index contributed by atoms with van der Waals surface area (Å²) in [6, 6.07) is 4.27. The van der Waals surface area contributed by atoms with E-state index in [1.54, 1.807) is 65.9 Å². The maximum Gasteiger partial charge on any atom is 0.243 e. The molecule has 0 aliphatic heterocycles. The highest BCUT2D eigenvalue weighted by Gasteiger charge is 2.25. The number of benzene rings is 1. The van der Waals surface area contributed by atoms with Crippen LogP contribution >= 0.6 is 0 Å². The number of nitrogens with one attached hydrogen (secondary N) is 1. The number of amides is 2. The first-order chi connectivity index (χ1) is 12.9. The lowest BCUT2D eigenvalue weighted by atomic mass is 10.2. The minimum Gasteiger partial charge on any atom is -0.348 e. The van der Waals surface area contributed by atoms with Crippen LogP contribution in [0.2, 0.25) is 0 Å². The number of hydrogen-bond donors (Lipinski definition) is 1. The molecule has 28 heavy (non-hydrogen) atoms. The molecule has 2 amide bonds. The molecule has 0 heterocycles. The van der Waals surface area contributed by atoms with Crippen LogP contribution in [0.25, 0.3) is 0 Å². The maximum atomic E-state index is 12.8. The highest BCUT2D eigenvalue weighted by atomic mass is 32.2. The Kier molecular flexibility index (Phi) is 8.59. The summed E-state index contributed by atoms with van der Waals surface area (Å²) in [5.41, 5.74) is 1.02. The molecule has 8 nitrogen and oxygen atoms in total. The van der Waals surface area contributed by atoms with Crippen LogP contribution in [0, 0.1) is 6.92 Å². The first-order valence-corrected chi connectivity index (χ1v) is 10.7. The van der Waals surface area contributed by atoms with Crippen molar-refractivity contribution in [2.24, 2.45) is 0 Å². The molecular formula is C19H32N4O4S. The SMILES string of the molecule is CCN(CC)S(=O)(=O)c1cc(NC(=O)[C@H](C)N(C)CC(=O)N(C)C)ccc1C. The molecule has 1 aromatic carbocycles. The van der Waals surface area contributed by atoms with Crippen LogP contribution < -0.4 is 5.32 Å². The van der Waals surface area contributed by atoms with Gasteiger partial charge in [0.25, 0.3) is 0 Å². The van der Waals surface area contributed by atoms with Crippen LogP contribution in [0.3, 0.4) is 0 Å². The average Bonchev–Trinajstić information content (AvgIpc) is 2.62. The van der Waals surface area contributed by atoms with E-state index >= 15 is 0 Å². The number of carbonyl (C=O) groups excluding carboxylic acids is 2. The van der Waals surface area contributed by atoms with E-state index < -0.39 is 16.1 Å². The van der Waals surface area contributed by atoms with Gasteiger partial charge in [-0.15, -0.1) is 0 Å². The van der Waals surface area contributed by atoms with Crippen LogP contribution in [0.1, 0.15) is 26.3 Å². The van der Waals surface area contributed by atoms with Crippen molar-refractivity contribution in [2.75, 3.05) is 46.1 Å². The number of carbonyl (C=O) groups is 2. The molecule has 9 heteroatoms. The molecule has 0 fully saturated rings. The summed E-state index contributed by atoms with van der Waals surface area (Å²) >= 11 is 0. The first-order valence-electron chi connectivity index (χ1n) is 9.27. The summed E-state index contributed by atoms with van der Waals surface area (Å²) in [5, 5.41) is 2.75. The minimum atomic E-state index is -3.63. The number of anilines is 1. The van der Waals surface area contributed by atoms with Crippen molar-refractivity contribution in [3.63, 3.8) is 0 Å². The van der Waals surface area contributed by atoms with Crippen molar-refractivity contribution in [1.82, 2.24) is 14.1 Å². The highest BCUT2D eigenvalue weighted by molar-refractivity contribution is 7.89. The van der Waals surface area contributed by atoms with Gasteiger partial charge < -0.3 is 10.2 Å². The Hall–Kier alpha value is -1.97. The number of rotatable bonds is 9. The third-order valence-electron chi connectivity index (χ3n) is 4.70. The van der Waals surface area contributed by atoms with Crippen LogP contribution in [-0.2, 0) is 19.6 Å². The molecule has 1 aromatic rings. The fourth-order valence-electron chi connectivity index (χ4n) is 2.60. The Labute approximate surface area is 168 Å². The van der Waals surface area contributed by atoms with Crippen LogP contribution in [0.4, 0.5) is 5.69 Å². The van der Waals surface area contributed by atoms with Crippen molar-refractivity contribution >= 4 is 27.5 Å². The standard InChI is InChI=1S/C19H32N4O4S/c1-8-23(9-2)28(26,27)17-12-16(11-10-14(17)3)20-19(25)15(4)22(7)13-18(24)21(5)6/h10-12,15H,8-9,13H2,1-7H3,(H,20,25)/t15-/m0/s1. The zero-order valence-corrected chi connectivity index (χ0v) is 18.6. The third-order valence-corrected chi connectivity index (χ3v) is 6.89. The predicted molar refractivity (Wildman–Crippen MR) is 111 cm³/mol. The maximum absolute atomic E-state index is 12.8. The van der Waals surface area contributed by atoms with Gasteiger partial charge in [-0.05, 0) is 38.6 Å². The Morgan fingerprint density at radius 2 is 1.68 bits per heavy atom. The van der Waals surface area contributed by atoms with E-state index in [1.807, 2.05) is 0 Å². The number of likely N-dealkylation sites (N-methyl/N-ethyl adjacent to an activating group) is 2. The van der Waals surface area contributed by atoms with E-state index in [0.29, 0.717) is 24.3 Å². The second-order valence-electron chi connectivity index (χ2n) is 6.94. The van der Waals surface area contributed by atoms with Crippen LogP contribution in [-0.4, -0.2) is 81.2 Å². The smallest absolute Gasteiger partial charge is 0.243 e. The minimum absolute atomic E-state index is 0.106.